The third kappa shape index (κ3) is 5.33. The molecular formula is C19H17BrO3S. The number of hydrogen-bond donors (Lipinski definition) is 0. The lowest BCUT2D eigenvalue weighted by Crippen LogP contribution is -2.05. The van der Waals surface area contributed by atoms with Crippen LogP contribution in [0.5, 0.6) is 5.75 Å². The van der Waals surface area contributed by atoms with Gasteiger partial charge >= 0.3 is 5.97 Å². The number of methoxy groups -OCH3 is 1. The van der Waals surface area contributed by atoms with E-state index in [-0.39, 0.29) is 12.4 Å². The van der Waals surface area contributed by atoms with E-state index in [1.54, 1.807) is 18.7 Å². The van der Waals surface area contributed by atoms with Crippen molar-refractivity contribution in [3.8, 4) is 17.6 Å². The Morgan fingerprint density at radius 3 is 2.62 bits per heavy atom. The van der Waals surface area contributed by atoms with E-state index in [0.29, 0.717) is 6.61 Å². The summed E-state index contributed by atoms with van der Waals surface area (Å²) in [5, 5.41) is 0. The molecule has 0 aliphatic rings. The molecule has 0 saturated carbocycles. The van der Waals surface area contributed by atoms with Crippen LogP contribution in [0, 0.1) is 11.8 Å². The third-order valence-corrected chi connectivity index (χ3v) is 5.26. The van der Waals surface area contributed by atoms with Crippen LogP contribution >= 0.6 is 27.7 Å². The molecule has 0 radical (unpaired) electrons. The van der Waals surface area contributed by atoms with Crippen molar-refractivity contribution in [1.82, 2.24) is 0 Å². The summed E-state index contributed by atoms with van der Waals surface area (Å²) in [5.74, 6) is 6.18. The highest BCUT2D eigenvalue weighted by atomic mass is 79.9. The number of carbonyl (C=O) groups excluding carboxylic acids is 1. The molecule has 0 N–H and O–H groups in total. The molecule has 0 heterocycles. The summed E-state index contributed by atoms with van der Waals surface area (Å²) in [7, 11) is 1.40. The van der Waals surface area contributed by atoms with Crippen molar-refractivity contribution in [2.75, 3.05) is 13.7 Å². The fourth-order valence-electron chi connectivity index (χ4n) is 1.95. The van der Waals surface area contributed by atoms with Crippen LogP contribution < -0.4 is 4.74 Å². The van der Waals surface area contributed by atoms with Crippen LogP contribution in [0.2, 0.25) is 0 Å². The van der Waals surface area contributed by atoms with Crippen molar-refractivity contribution in [3.63, 3.8) is 0 Å². The molecule has 2 aromatic rings. The Morgan fingerprint density at radius 2 is 1.96 bits per heavy atom. The van der Waals surface area contributed by atoms with Crippen LogP contribution in [0.25, 0.3) is 0 Å². The van der Waals surface area contributed by atoms with Crippen molar-refractivity contribution in [2.45, 2.75) is 23.1 Å². The normalized spacial score (nSPS) is 9.79. The van der Waals surface area contributed by atoms with Gasteiger partial charge in [-0.3, -0.25) is 4.79 Å². The maximum atomic E-state index is 11.6. The Balaban J connectivity index is 2.15. The molecule has 5 heteroatoms. The number of ether oxygens (including phenoxy) is 2. The summed E-state index contributed by atoms with van der Waals surface area (Å²) >= 11 is 5.15. The second-order valence-corrected chi connectivity index (χ2v) is 6.71. The Labute approximate surface area is 154 Å². The number of carbonyl (C=O) groups is 1. The molecule has 0 unspecified atom stereocenters. The molecule has 2 aromatic carbocycles. The molecule has 0 atom stereocenters. The summed E-state index contributed by atoms with van der Waals surface area (Å²) in [6.07, 6.45) is 0.245. The Morgan fingerprint density at radius 1 is 1.21 bits per heavy atom. The van der Waals surface area contributed by atoms with E-state index in [1.165, 1.54) is 7.11 Å². The van der Waals surface area contributed by atoms with Gasteiger partial charge < -0.3 is 9.47 Å². The number of rotatable bonds is 6. The summed E-state index contributed by atoms with van der Waals surface area (Å²) in [5.41, 5.74) is 0.930. The molecular weight excluding hydrogens is 388 g/mol. The van der Waals surface area contributed by atoms with Gasteiger partial charge in [-0.05, 0) is 58.7 Å². The predicted molar refractivity (Wildman–Crippen MR) is 99.4 cm³/mol. The summed E-state index contributed by atoms with van der Waals surface area (Å²) < 4.78 is 11.2. The Kier molecular flexibility index (Phi) is 7.23. The smallest absolute Gasteiger partial charge is 0.310 e. The molecule has 0 spiro atoms. The van der Waals surface area contributed by atoms with Gasteiger partial charge in [-0.1, -0.05) is 29.8 Å². The fourth-order valence-corrected chi connectivity index (χ4v) is 3.54. The minimum Gasteiger partial charge on any atom is -0.481 e. The van der Waals surface area contributed by atoms with E-state index in [1.807, 2.05) is 42.5 Å². The molecule has 24 heavy (non-hydrogen) atoms. The largest absolute Gasteiger partial charge is 0.481 e. The highest BCUT2D eigenvalue weighted by Gasteiger charge is 2.12. The van der Waals surface area contributed by atoms with E-state index in [4.69, 9.17) is 9.47 Å². The molecule has 0 fully saturated rings. The average Bonchev–Trinajstić information content (AvgIpc) is 2.59. The first kappa shape index (κ1) is 18.4. The highest BCUT2D eigenvalue weighted by molar-refractivity contribution is 9.10. The van der Waals surface area contributed by atoms with Gasteiger partial charge in [0, 0.05) is 14.3 Å². The van der Waals surface area contributed by atoms with Crippen LogP contribution in [0.1, 0.15) is 12.5 Å². The molecule has 2 rings (SSSR count). The first-order chi connectivity index (χ1) is 11.6. The summed E-state index contributed by atoms with van der Waals surface area (Å²) in [4.78, 5) is 13.7. The number of esters is 1. The van der Waals surface area contributed by atoms with Gasteiger partial charge in [0.2, 0.25) is 0 Å². The second-order valence-electron chi connectivity index (χ2n) is 4.77. The van der Waals surface area contributed by atoms with Gasteiger partial charge in [0.1, 0.15) is 12.4 Å². The lowest BCUT2D eigenvalue weighted by Gasteiger charge is -2.11. The van der Waals surface area contributed by atoms with E-state index >= 15 is 0 Å². The Hall–Kier alpha value is -1.90. The molecule has 0 aliphatic heterocycles. The van der Waals surface area contributed by atoms with Gasteiger partial charge in [0.15, 0.2) is 0 Å². The van der Waals surface area contributed by atoms with Crippen LogP contribution in [0.15, 0.2) is 56.7 Å². The lowest BCUT2D eigenvalue weighted by molar-refractivity contribution is -0.139. The highest BCUT2D eigenvalue weighted by Crippen LogP contribution is 2.37. The van der Waals surface area contributed by atoms with Gasteiger partial charge in [0.05, 0.1) is 13.5 Å². The van der Waals surface area contributed by atoms with E-state index in [0.717, 1.165) is 25.6 Å². The second kappa shape index (κ2) is 9.41. The number of hydrogen-bond acceptors (Lipinski definition) is 4. The minimum absolute atomic E-state index is 0.245. The van der Waals surface area contributed by atoms with Crippen molar-refractivity contribution >= 4 is 33.7 Å². The van der Waals surface area contributed by atoms with E-state index in [2.05, 4.69) is 27.8 Å². The number of halogens is 1. The van der Waals surface area contributed by atoms with Crippen LogP contribution in [0.3, 0.4) is 0 Å². The van der Waals surface area contributed by atoms with Crippen LogP contribution in [-0.4, -0.2) is 19.7 Å². The average molecular weight is 405 g/mol. The zero-order chi connectivity index (χ0) is 17.4. The molecule has 0 aromatic heterocycles. The zero-order valence-electron chi connectivity index (χ0n) is 13.5. The maximum Gasteiger partial charge on any atom is 0.310 e. The molecule has 0 saturated heterocycles. The summed E-state index contributed by atoms with van der Waals surface area (Å²) in [6.45, 7) is 2.17. The van der Waals surface area contributed by atoms with Crippen molar-refractivity contribution in [2.24, 2.45) is 0 Å². The molecule has 3 nitrogen and oxygen atoms in total. The van der Waals surface area contributed by atoms with Crippen molar-refractivity contribution in [3.05, 3.63) is 52.5 Å². The lowest BCUT2D eigenvalue weighted by atomic mass is 10.1. The minimum atomic E-state index is -0.254. The topological polar surface area (TPSA) is 35.5 Å². The molecule has 124 valence electrons. The number of benzene rings is 2. The van der Waals surface area contributed by atoms with Gasteiger partial charge in [-0.25, -0.2) is 0 Å². The SMILES string of the molecule is CC#CCOc1ccc(Sc2c(Br)cccc2CC(=O)OC)cc1. The van der Waals surface area contributed by atoms with Crippen molar-refractivity contribution in [1.29, 1.82) is 0 Å². The van der Waals surface area contributed by atoms with Crippen LogP contribution in [0.4, 0.5) is 0 Å². The van der Waals surface area contributed by atoms with Gasteiger partial charge in [-0.15, -0.1) is 5.92 Å². The fraction of sp³-hybridized carbons (Fsp3) is 0.211. The summed E-state index contributed by atoms with van der Waals surface area (Å²) in [6, 6.07) is 13.6. The van der Waals surface area contributed by atoms with Crippen LogP contribution in [-0.2, 0) is 16.0 Å². The Bertz CT molecular complexity index is 760. The first-order valence-electron chi connectivity index (χ1n) is 7.28. The maximum absolute atomic E-state index is 11.6. The van der Waals surface area contributed by atoms with Gasteiger partial charge in [-0.2, -0.15) is 0 Å². The monoisotopic (exact) mass is 404 g/mol. The van der Waals surface area contributed by atoms with E-state index < -0.39 is 0 Å². The predicted octanol–water partition coefficient (Wildman–Crippen LogP) is 4.72. The van der Waals surface area contributed by atoms with Gasteiger partial charge in [0.25, 0.3) is 0 Å². The molecule has 0 amide bonds. The quantitative estimate of drug-likeness (QED) is 0.515. The zero-order valence-corrected chi connectivity index (χ0v) is 15.9. The third-order valence-electron chi connectivity index (χ3n) is 3.14. The van der Waals surface area contributed by atoms with Crippen molar-refractivity contribution < 1.29 is 14.3 Å². The standard InChI is InChI=1S/C19H17BrO3S/c1-3-4-12-23-15-8-10-16(11-9-15)24-19-14(13-18(21)22-2)6-5-7-17(19)20/h5-11H,12-13H2,1-2H3. The van der Waals surface area contributed by atoms with E-state index in [9.17, 15) is 4.79 Å². The molecule has 0 aliphatic carbocycles. The first-order valence-corrected chi connectivity index (χ1v) is 8.89. The molecule has 0 bridgehead atoms.